The van der Waals surface area contributed by atoms with Crippen LogP contribution in [0.25, 0.3) is 0 Å². The Labute approximate surface area is 296 Å². The molecule has 3 N–H and O–H groups in total. The molecule has 3 aromatic rings. The molecule has 3 aromatic carbocycles. The topological polar surface area (TPSA) is 134 Å². The fourth-order valence-corrected chi connectivity index (χ4v) is 7.85. The third-order valence-electron chi connectivity index (χ3n) is 9.44. The molecule has 50 heavy (non-hydrogen) atoms. The first-order valence-electron chi connectivity index (χ1n) is 16.5. The lowest BCUT2D eigenvalue weighted by Crippen LogP contribution is -2.61. The van der Waals surface area contributed by atoms with Crippen molar-refractivity contribution in [1.82, 2.24) is 14.9 Å². The number of halogens is 2. The van der Waals surface area contributed by atoms with Crippen LogP contribution in [-0.4, -0.2) is 53.9 Å². The van der Waals surface area contributed by atoms with E-state index < -0.39 is 61.9 Å². The van der Waals surface area contributed by atoms with E-state index >= 15 is 0 Å². The van der Waals surface area contributed by atoms with Crippen molar-refractivity contribution in [1.29, 1.82) is 0 Å². The Morgan fingerprint density at radius 3 is 2.36 bits per heavy atom. The van der Waals surface area contributed by atoms with E-state index in [9.17, 15) is 27.2 Å². The third kappa shape index (κ3) is 7.51. The highest BCUT2D eigenvalue weighted by Gasteiger charge is 2.61. The maximum atomic E-state index is 14.6. The second-order valence-corrected chi connectivity index (χ2v) is 16.7. The second-order valence-electron chi connectivity index (χ2n) is 14.3. The minimum absolute atomic E-state index is 0.0710. The zero-order valence-corrected chi connectivity index (χ0v) is 29.6. The number of benzene rings is 3. The number of rotatable bonds is 11. The van der Waals surface area contributed by atoms with Crippen LogP contribution in [0.3, 0.4) is 0 Å². The molecule has 1 heterocycles. The van der Waals surface area contributed by atoms with Crippen LogP contribution in [0.4, 0.5) is 10.1 Å². The van der Waals surface area contributed by atoms with E-state index in [1.165, 1.54) is 23.1 Å². The Morgan fingerprint density at radius 1 is 1.04 bits per heavy atom. The number of nitrogens with one attached hydrogen (secondary N) is 3. The Kier molecular flexibility index (Phi) is 9.47. The molecule has 2 saturated carbocycles. The van der Waals surface area contributed by atoms with E-state index in [0.717, 1.165) is 11.1 Å². The molecule has 2 aliphatic carbocycles. The number of hydrogen-bond donors (Lipinski definition) is 3. The number of nitrogens with zero attached hydrogens (tertiary/aromatic N) is 1. The Hall–Kier alpha value is -4.42. The van der Waals surface area contributed by atoms with Crippen molar-refractivity contribution >= 4 is 45.0 Å². The molecule has 264 valence electrons. The largest absolute Gasteiger partial charge is 0.457 e. The van der Waals surface area contributed by atoms with Gasteiger partial charge in [-0.05, 0) is 90.4 Å². The van der Waals surface area contributed by atoms with E-state index in [4.69, 9.17) is 16.3 Å². The molecule has 13 heteroatoms. The lowest BCUT2D eigenvalue weighted by Gasteiger charge is -2.41. The SMILES string of the molecule is C=CC1CC1(NC(=O)C1Cc2cc(Oc3cccc(Cl)c3)ccc2CN1C(=O)C(Nc1ccc(F)cc1)C(C)(C)C)C(=O)NS(=O)(=O)C1CC1. The number of carbonyl (C=O) groups is 3. The van der Waals surface area contributed by atoms with Crippen molar-refractivity contribution in [3.05, 3.63) is 101 Å². The van der Waals surface area contributed by atoms with Crippen LogP contribution in [0.2, 0.25) is 5.02 Å². The summed E-state index contributed by atoms with van der Waals surface area (Å²) >= 11 is 6.14. The molecule has 0 aromatic heterocycles. The summed E-state index contributed by atoms with van der Waals surface area (Å²) in [6, 6.07) is 16.1. The van der Waals surface area contributed by atoms with Crippen molar-refractivity contribution in [2.24, 2.45) is 11.3 Å². The number of hydrogen-bond acceptors (Lipinski definition) is 7. The summed E-state index contributed by atoms with van der Waals surface area (Å²) in [4.78, 5) is 43.9. The van der Waals surface area contributed by atoms with Crippen molar-refractivity contribution in [3.8, 4) is 11.5 Å². The normalized spacial score (nSPS) is 22.1. The highest BCUT2D eigenvalue weighted by molar-refractivity contribution is 7.91. The van der Waals surface area contributed by atoms with Crippen LogP contribution >= 0.6 is 11.6 Å². The Bertz CT molecular complexity index is 1950. The molecule has 0 spiro atoms. The van der Waals surface area contributed by atoms with Crippen molar-refractivity contribution in [2.45, 2.75) is 75.9 Å². The van der Waals surface area contributed by atoms with Crippen LogP contribution in [0.5, 0.6) is 11.5 Å². The molecular formula is C37H40ClFN4O6S. The van der Waals surface area contributed by atoms with Gasteiger partial charge in [-0.25, -0.2) is 12.8 Å². The number of fused-ring (bicyclic) bond motifs is 1. The molecule has 2 fully saturated rings. The lowest BCUT2D eigenvalue weighted by molar-refractivity contribution is -0.145. The highest BCUT2D eigenvalue weighted by Crippen LogP contribution is 2.45. The van der Waals surface area contributed by atoms with Gasteiger partial charge in [-0.15, -0.1) is 6.58 Å². The zero-order valence-electron chi connectivity index (χ0n) is 28.0. The maximum Gasteiger partial charge on any atom is 0.259 e. The highest BCUT2D eigenvalue weighted by atomic mass is 35.5. The summed E-state index contributed by atoms with van der Waals surface area (Å²) < 4.78 is 47.3. The van der Waals surface area contributed by atoms with Gasteiger partial charge in [0.2, 0.25) is 21.8 Å². The second kappa shape index (κ2) is 13.4. The first-order valence-corrected chi connectivity index (χ1v) is 18.4. The number of amides is 3. The predicted molar refractivity (Wildman–Crippen MR) is 189 cm³/mol. The van der Waals surface area contributed by atoms with Crippen molar-refractivity contribution < 1.29 is 31.9 Å². The fourth-order valence-electron chi connectivity index (χ4n) is 6.30. The van der Waals surface area contributed by atoms with Gasteiger partial charge in [-0.3, -0.25) is 19.1 Å². The predicted octanol–water partition coefficient (Wildman–Crippen LogP) is 5.72. The molecule has 3 aliphatic rings. The molecule has 4 atom stereocenters. The van der Waals surface area contributed by atoms with Gasteiger partial charge >= 0.3 is 0 Å². The average molecular weight is 723 g/mol. The van der Waals surface area contributed by atoms with Crippen molar-refractivity contribution in [3.63, 3.8) is 0 Å². The third-order valence-corrected chi connectivity index (χ3v) is 11.5. The molecule has 3 amide bonds. The number of ether oxygens (including phenoxy) is 1. The Morgan fingerprint density at radius 2 is 1.74 bits per heavy atom. The summed E-state index contributed by atoms with van der Waals surface area (Å²) in [7, 11) is -3.88. The van der Waals surface area contributed by atoms with Gasteiger partial charge in [0.15, 0.2) is 0 Å². The molecule has 1 aliphatic heterocycles. The lowest BCUT2D eigenvalue weighted by atomic mass is 9.84. The number of sulfonamides is 1. The first-order chi connectivity index (χ1) is 23.6. The van der Waals surface area contributed by atoms with Gasteiger partial charge in [0, 0.05) is 29.6 Å². The average Bonchev–Trinajstić information content (AvgIpc) is 3.99. The summed E-state index contributed by atoms with van der Waals surface area (Å²) in [5, 5.41) is 5.96. The van der Waals surface area contributed by atoms with Gasteiger partial charge in [0.1, 0.15) is 34.9 Å². The minimum atomic E-state index is -3.88. The molecule has 0 radical (unpaired) electrons. The van der Waals surface area contributed by atoms with Gasteiger partial charge in [0.25, 0.3) is 5.91 Å². The van der Waals surface area contributed by atoms with Crippen LogP contribution in [0.15, 0.2) is 79.4 Å². The molecule has 4 unspecified atom stereocenters. The fraction of sp³-hybridized carbons (Fsp3) is 0.378. The molecule has 6 rings (SSSR count). The van der Waals surface area contributed by atoms with E-state index in [2.05, 4.69) is 21.9 Å². The quantitative estimate of drug-likeness (QED) is 0.216. The molecule has 10 nitrogen and oxygen atoms in total. The molecule has 0 bridgehead atoms. The summed E-state index contributed by atoms with van der Waals surface area (Å²) in [6.45, 7) is 9.51. The van der Waals surface area contributed by atoms with Gasteiger partial charge in [-0.1, -0.05) is 50.6 Å². The van der Waals surface area contributed by atoms with Crippen LogP contribution in [0, 0.1) is 17.2 Å². The summed E-state index contributed by atoms with van der Waals surface area (Å²) in [6.07, 6.45) is 2.71. The van der Waals surface area contributed by atoms with Gasteiger partial charge < -0.3 is 20.3 Å². The Balaban J connectivity index is 1.32. The summed E-state index contributed by atoms with van der Waals surface area (Å²) in [5.41, 5.74) is -0.0833. The van der Waals surface area contributed by atoms with Crippen molar-refractivity contribution in [2.75, 3.05) is 5.32 Å². The maximum absolute atomic E-state index is 14.6. The minimum Gasteiger partial charge on any atom is -0.457 e. The standard InChI is InChI=1S/C37H40ClFN4O6S/c1-5-24-20-37(24,35(46)42-50(47,48)30-15-16-30)41-33(44)31-18-23-17-29(49-28-8-6-7-25(38)19-28)14-9-22(23)21-43(31)34(45)32(36(2,3)4)40-27-12-10-26(39)11-13-27/h5-14,17,19,24,30-32,40H,1,15-16,18,20-21H2,2-4H3,(H,41,44)(H,42,46). The van der Waals surface area contributed by atoms with Gasteiger partial charge in [-0.2, -0.15) is 0 Å². The zero-order chi connectivity index (χ0) is 36.0. The molecule has 0 saturated heterocycles. The van der Waals surface area contributed by atoms with E-state index in [-0.39, 0.29) is 25.3 Å². The number of anilines is 1. The smallest absolute Gasteiger partial charge is 0.259 e. The van der Waals surface area contributed by atoms with Crippen LogP contribution < -0.4 is 20.1 Å². The number of carbonyl (C=O) groups excluding carboxylic acids is 3. The molecular weight excluding hydrogens is 683 g/mol. The van der Waals surface area contributed by atoms with E-state index in [1.54, 1.807) is 42.5 Å². The van der Waals surface area contributed by atoms with Gasteiger partial charge in [0.05, 0.1) is 5.25 Å². The van der Waals surface area contributed by atoms with Crippen LogP contribution in [-0.2, 0) is 37.4 Å². The van der Waals surface area contributed by atoms with E-state index in [1.807, 2.05) is 32.9 Å². The summed E-state index contributed by atoms with van der Waals surface area (Å²) in [5.74, 6) is -1.69. The van der Waals surface area contributed by atoms with Crippen LogP contribution in [0.1, 0.15) is 51.2 Å². The first kappa shape index (κ1) is 35.4. The van der Waals surface area contributed by atoms with E-state index in [0.29, 0.717) is 35.1 Å². The monoisotopic (exact) mass is 722 g/mol.